The number of hydrogen-bond donors (Lipinski definition) is 2. The molecule has 1 aromatic heterocycles. The number of carbonyl (C=O) groups excluding carboxylic acids is 1. The fraction of sp³-hybridized carbons (Fsp3) is 0.176. The number of ether oxygens (including phenoxy) is 2. The van der Waals surface area contributed by atoms with Crippen molar-refractivity contribution in [2.45, 2.75) is 0 Å². The van der Waals surface area contributed by atoms with E-state index in [4.69, 9.17) is 9.47 Å². The summed E-state index contributed by atoms with van der Waals surface area (Å²) in [6.07, 6.45) is 3.19. The van der Waals surface area contributed by atoms with Crippen LogP contribution in [0.5, 0.6) is 11.5 Å². The quantitative estimate of drug-likeness (QED) is 0.769. The van der Waals surface area contributed by atoms with E-state index in [9.17, 15) is 4.79 Å². The van der Waals surface area contributed by atoms with Crippen LogP contribution in [0.25, 0.3) is 0 Å². The summed E-state index contributed by atoms with van der Waals surface area (Å²) in [4.78, 5) is 16.0. The molecule has 0 bridgehead atoms. The molecule has 0 aliphatic heterocycles. The van der Waals surface area contributed by atoms with E-state index >= 15 is 0 Å². The van der Waals surface area contributed by atoms with Gasteiger partial charge in [-0.1, -0.05) is 6.08 Å². The monoisotopic (exact) mass is 313 g/mol. The Morgan fingerprint density at radius 1 is 1.17 bits per heavy atom. The number of methoxy groups -OCH3 is 2. The average molecular weight is 313 g/mol. The van der Waals surface area contributed by atoms with Crippen molar-refractivity contribution in [3.63, 3.8) is 0 Å². The number of rotatable bonds is 7. The number of aromatic nitrogens is 1. The fourth-order valence-electron chi connectivity index (χ4n) is 1.97. The van der Waals surface area contributed by atoms with Gasteiger partial charge < -0.3 is 20.1 Å². The molecule has 2 rings (SSSR count). The summed E-state index contributed by atoms with van der Waals surface area (Å²) in [5.41, 5.74) is 1.89. The van der Waals surface area contributed by atoms with Gasteiger partial charge in [-0.2, -0.15) is 0 Å². The molecule has 2 N–H and O–H groups in total. The Morgan fingerprint density at radius 3 is 2.61 bits per heavy atom. The molecule has 1 heterocycles. The zero-order valence-electron chi connectivity index (χ0n) is 13.1. The van der Waals surface area contributed by atoms with Crippen molar-refractivity contribution in [1.29, 1.82) is 0 Å². The van der Waals surface area contributed by atoms with E-state index in [1.54, 1.807) is 44.7 Å². The summed E-state index contributed by atoms with van der Waals surface area (Å²) >= 11 is 0. The molecule has 0 saturated heterocycles. The molecule has 0 aliphatic rings. The lowest BCUT2D eigenvalue weighted by molar-refractivity contribution is 0.0953. The first-order valence-electron chi connectivity index (χ1n) is 7.02. The Balaban J connectivity index is 2.17. The second-order valence-corrected chi connectivity index (χ2v) is 4.62. The third kappa shape index (κ3) is 4.23. The highest BCUT2D eigenvalue weighted by Gasteiger charge is 2.08. The lowest BCUT2D eigenvalue weighted by atomic mass is 10.2. The minimum absolute atomic E-state index is 0.249. The Labute approximate surface area is 135 Å². The molecule has 23 heavy (non-hydrogen) atoms. The molecular weight excluding hydrogens is 294 g/mol. The van der Waals surface area contributed by atoms with Gasteiger partial charge in [-0.05, 0) is 24.3 Å². The molecule has 1 amide bonds. The number of hydrogen-bond acceptors (Lipinski definition) is 5. The Hall–Kier alpha value is -3.02. The molecule has 0 spiro atoms. The van der Waals surface area contributed by atoms with E-state index in [0.717, 1.165) is 11.4 Å². The van der Waals surface area contributed by atoms with Gasteiger partial charge in [0.2, 0.25) is 0 Å². The van der Waals surface area contributed by atoms with Crippen LogP contribution in [0.4, 0.5) is 11.4 Å². The molecular formula is C17H19N3O3. The lowest BCUT2D eigenvalue weighted by Gasteiger charge is -2.11. The van der Waals surface area contributed by atoms with Gasteiger partial charge in [-0.25, -0.2) is 0 Å². The van der Waals surface area contributed by atoms with Gasteiger partial charge in [0.25, 0.3) is 5.91 Å². The van der Waals surface area contributed by atoms with Gasteiger partial charge in [-0.3, -0.25) is 9.78 Å². The first-order valence-corrected chi connectivity index (χ1v) is 7.02. The van der Waals surface area contributed by atoms with E-state index < -0.39 is 0 Å². The summed E-state index contributed by atoms with van der Waals surface area (Å²) in [7, 11) is 3.16. The lowest BCUT2D eigenvalue weighted by Crippen LogP contribution is -2.24. The predicted octanol–water partition coefficient (Wildman–Crippen LogP) is 2.76. The third-order valence-corrected chi connectivity index (χ3v) is 3.07. The van der Waals surface area contributed by atoms with Crippen LogP contribution >= 0.6 is 0 Å². The topological polar surface area (TPSA) is 72.5 Å². The Morgan fingerprint density at radius 2 is 1.91 bits per heavy atom. The first kappa shape index (κ1) is 16.4. The third-order valence-electron chi connectivity index (χ3n) is 3.07. The van der Waals surface area contributed by atoms with Crippen molar-refractivity contribution in [3.8, 4) is 11.5 Å². The minimum Gasteiger partial charge on any atom is -0.493 e. The second-order valence-electron chi connectivity index (χ2n) is 4.62. The maximum absolute atomic E-state index is 11.9. The highest BCUT2D eigenvalue weighted by molar-refractivity contribution is 5.93. The van der Waals surface area contributed by atoms with Crippen molar-refractivity contribution < 1.29 is 14.3 Å². The summed E-state index contributed by atoms with van der Waals surface area (Å²) in [5.74, 6) is 1.02. The van der Waals surface area contributed by atoms with Crippen LogP contribution in [0.1, 0.15) is 10.5 Å². The molecule has 6 nitrogen and oxygen atoms in total. The van der Waals surface area contributed by atoms with E-state index in [0.29, 0.717) is 23.7 Å². The molecule has 1 aromatic carbocycles. The van der Waals surface area contributed by atoms with Crippen LogP contribution in [0.2, 0.25) is 0 Å². The van der Waals surface area contributed by atoms with E-state index in [1.165, 1.54) is 0 Å². The van der Waals surface area contributed by atoms with E-state index in [-0.39, 0.29) is 5.91 Å². The summed E-state index contributed by atoms with van der Waals surface area (Å²) in [6, 6.07) is 8.94. The van der Waals surface area contributed by atoms with Gasteiger partial charge in [0.1, 0.15) is 5.69 Å². The van der Waals surface area contributed by atoms with Crippen molar-refractivity contribution in [3.05, 3.63) is 54.9 Å². The van der Waals surface area contributed by atoms with Crippen LogP contribution in [0.3, 0.4) is 0 Å². The molecule has 0 radical (unpaired) electrons. The normalized spacial score (nSPS) is 9.83. The van der Waals surface area contributed by atoms with Crippen LogP contribution in [-0.4, -0.2) is 31.7 Å². The highest BCUT2D eigenvalue weighted by Crippen LogP contribution is 2.31. The number of nitrogens with zero attached hydrogens (tertiary/aromatic N) is 1. The van der Waals surface area contributed by atoms with Crippen molar-refractivity contribution in [2.24, 2.45) is 0 Å². The molecule has 0 unspecified atom stereocenters. The number of amides is 1. The summed E-state index contributed by atoms with van der Waals surface area (Å²) in [6.45, 7) is 3.96. The Kier molecular flexibility index (Phi) is 5.57. The maximum Gasteiger partial charge on any atom is 0.270 e. The molecule has 2 aromatic rings. The smallest absolute Gasteiger partial charge is 0.270 e. The van der Waals surface area contributed by atoms with Gasteiger partial charge in [0, 0.05) is 30.2 Å². The largest absolute Gasteiger partial charge is 0.493 e. The van der Waals surface area contributed by atoms with E-state index in [1.807, 2.05) is 12.1 Å². The SMILES string of the molecule is C=CCNC(=O)c1cc(Nc2ccc(OC)c(OC)c2)ccn1. The van der Waals surface area contributed by atoms with Crippen molar-refractivity contribution in [1.82, 2.24) is 10.3 Å². The Bertz CT molecular complexity index is 701. The highest BCUT2D eigenvalue weighted by atomic mass is 16.5. The molecule has 0 atom stereocenters. The average Bonchev–Trinajstić information content (AvgIpc) is 2.59. The van der Waals surface area contributed by atoms with Crippen LogP contribution in [0, 0.1) is 0 Å². The van der Waals surface area contributed by atoms with E-state index in [2.05, 4.69) is 22.2 Å². The fourth-order valence-corrected chi connectivity index (χ4v) is 1.97. The summed E-state index contributed by atoms with van der Waals surface area (Å²) < 4.78 is 10.5. The molecule has 0 fully saturated rings. The van der Waals surface area contributed by atoms with Crippen LogP contribution in [-0.2, 0) is 0 Å². The number of nitrogens with one attached hydrogen (secondary N) is 2. The molecule has 120 valence electrons. The van der Waals surface area contributed by atoms with Crippen LogP contribution in [0.15, 0.2) is 49.2 Å². The molecule has 0 saturated carbocycles. The summed E-state index contributed by atoms with van der Waals surface area (Å²) in [5, 5.41) is 5.89. The number of carbonyl (C=O) groups is 1. The van der Waals surface area contributed by atoms with Crippen molar-refractivity contribution >= 4 is 17.3 Å². The van der Waals surface area contributed by atoms with Gasteiger partial charge in [0.05, 0.1) is 14.2 Å². The number of anilines is 2. The molecule has 0 aliphatic carbocycles. The zero-order chi connectivity index (χ0) is 16.7. The molecule has 6 heteroatoms. The number of benzene rings is 1. The van der Waals surface area contributed by atoms with Gasteiger partial charge in [0.15, 0.2) is 11.5 Å². The second kappa shape index (κ2) is 7.84. The maximum atomic E-state index is 11.9. The minimum atomic E-state index is -0.249. The van der Waals surface area contributed by atoms with Gasteiger partial charge in [-0.15, -0.1) is 6.58 Å². The van der Waals surface area contributed by atoms with Crippen LogP contribution < -0.4 is 20.1 Å². The standard InChI is InChI=1S/C17H19N3O3/c1-4-8-19-17(21)14-10-13(7-9-18-14)20-12-5-6-15(22-2)16(11-12)23-3/h4-7,9-11H,1,8H2,2-3H3,(H,18,20)(H,19,21). The predicted molar refractivity (Wildman–Crippen MR) is 89.6 cm³/mol. The number of pyridine rings is 1. The van der Waals surface area contributed by atoms with Crippen molar-refractivity contribution in [2.75, 3.05) is 26.1 Å². The zero-order valence-corrected chi connectivity index (χ0v) is 13.1. The first-order chi connectivity index (χ1) is 11.2. The van der Waals surface area contributed by atoms with Gasteiger partial charge >= 0.3 is 0 Å².